The minimum Gasteiger partial charge on any atom is -0.480 e. The number of aliphatic carboxylic acids is 1. The summed E-state index contributed by atoms with van der Waals surface area (Å²) < 4.78 is 0. The molecule has 0 bridgehead atoms. The van der Waals surface area contributed by atoms with Gasteiger partial charge in [0, 0.05) is 22.6 Å². The molecule has 0 radical (unpaired) electrons. The molecule has 6 nitrogen and oxygen atoms in total. The molecule has 26 heavy (non-hydrogen) atoms. The van der Waals surface area contributed by atoms with Crippen LogP contribution in [0.2, 0.25) is 0 Å². The van der Waals surface area contributed by atoms with Gasteiger partial charge < -0.3 is 15.7 Å². The van der Waals surface area contributed by atoms with E-state index in [0.29, 0.717) is 6.54 Å². The van der Waals surface area contributed by atoms with E-state index < -0.39 is 5.97 Å². The van der Waals surface area contributed by atoms with Gasteiger partial charge in [-0.2, -0.15) is 0 Å². The summed E-state index contributed by atoms with van der Waals surface area (Å²) >= 11 is 1.66. The predicted molar refractivity (Wildman–Crippen MR) is 104 cm³/mol. The summed E-state index contributed by atoms with van der Waals surface area (Å²) in [6, 6.07) is 11.9. The minimum atomic E-state index is -0.813. The molecule has 2 amide bonds. The van der Waals surface area contributed by atoms with Crippen LogP contribution in [0.5, 0.6) is 0 Å². The number of carboxylic acids is 1. The number of benzene rings is 1. The third kappa shape index (κ3) is 4.62. The lowest BCUT2D eigenvalue weighted by molar-refractivity contribution is -0.139. The molecule has 0 atom stereocenters. The highest BCUT2D eigenvalue weighted by atomic mass is 32.1. The van der Waals surface area contributed by atoms with Crippen molar-refractivity contribution in [3.63, 3.8) is 0 Å². The van der Waals surface area contributed by atoms with Crippen molar-refractivity contribution in [2.24, 2.45) is 0 Å². The smallest absolute Gasteiger partial charge is 0.319 e. The average molecular weight is 373 g/mol. The molecule has 1 aliphatic rings. The van der Waals surface area contributed by atoms with Crippen molar-refractivity contribution in [1.29, 1.82) is 0 Å². The summed E-state index contributed by atoms with van der Waals surface area (Å²) in [4.78, 5) is 26.2. The largest absolute Gasteiger partial charge is 0.480 e. The highest BCUT2D eigenvalue weighted by Crippen LogP contribution is 2.27. The Morgan fingerprint density at radius 2 is 2.08 bits per heavy atom. The number of hydrogen-bond acceptors (Lipinski definition) is 4. The summed E-state index contributed by atoms with van der Waals surface area (Å²) in [7, 11) is 0. The van der Waals surface area contributed by atoms with Gasteiger partial charge in [-0.25, -0.2) is 4.79 Å². The molecule has 1 saturated carbocycles. The fourth-order valence-electron chi connectivity index (χ4n) is 3.22. The summed E-state index contributed by atoms with van der Waals surface area (Å²) in [6.07, 6.45) is 1.56. The van der Waals surface area contributed by atoms with Gasteiger partial charge in [-0.05, 0) is 48.5 Å². The quantitative estimate of drug-likeness (QED) is 0.694. The highest BCUT2D eigenvalue weighted by molar-refractivity contribution is 7.13. The van der Waals surface area contributed by atoms with Crippen molar-refractivity contribution >= 4 is 29.0 Å². The van der Waals surface area contributed by atoms with Crippen molar-refractivity contribution in [1.82, 2.24) is 10.2 Å². The molecule has 7 heteroatoms. The van der Waals surface area contributed by atoms with Crippen LogP contribution in [0.1, 0.15) is 19.8 Å². The fourth-order valence-corrected chi connectivity index (χ4v) is 3.95. The number of anilines is 1. The standard InChI is InChI=1S/C19H23N3O3S/c1-2-22(12-18(23)24)16-10-15(11-16)21-19(25)20-14-6-3-5-13(9-14)17-7-4-8-26-17/h3-9,15-16H,2,10-12H2,1H3,(H,23,24)(H2,20,21,25). The Kier molecular flexibility index (Phi) is 5.90. The van der Waals surface area contributed by atoms with Gasteiger partial charge in [0.25, 0.3) is 0 Å². The second-order valence-corrected chi connectivity index (χ2v) is 7.38. The third-order valence-electron chi connectivity index (χ3n) is 4.64. The second kappa shape index (κ2) is 8.33. The topological polar surface area (TPSA) is 81.7 Å². The van der Waals surface area contributed by atoms with Crippen LogP contribution in [0.15, 0.2) is 41.8 Å². The highest BCUT2D eigenvalue weighted by Gasteiger charge is 2.34. The monoisotopic (exact) mass is 373 g/mol. The van der Waals surface area contributed by atoms with Crippen LogP contribution >= 0.6 is 11.3 Å². The van der Waals surface area contributed by atoms with E-state index in [4.69, 9.17) is 5.11 Å². The molecule has 0 unspecified atom stereocenters. The van der Waals surface area contributed by atoms with Crippen LogP contribution in [0.25, 0.3) is 10.4 Å². The zero-order valence-electron chi connectivity index (χ0n) is 14.6. The van der Waals surface area contributed by atoms with Crippen LogP contribution in [0, 0.1) is 0 Å². The number of amides is 2. The van der Waals surface area contributed by atoms with E-state index in [1.54, 1.807) is 11.3 Å². The molecule has 2 aromatic rings. The molecule has 1 fully saturated rings. The van der Waals surface area contributed by atoms with Crippen LogP contribution in [0.3, 0.4) is 0 Å². The van der Waals surface area contributed by atoms with Crippen molar-refractivity contribution in [3.8, 4) is 10.4 Å². The number of carbonyl (C=O) groups is 2. The SMILES string of the molecule is CCN(CC(=O)O)C1CC(NC(=O)Nc2cccc(-c3cccs3)c2)C1. The molecule has 1 aliphatic carbocycles. The molecule has 1 aromatic carbocycles. The zero-order valence-corrected chi connectivity index (χ0v) is 15.5. The van der Waals surface area contributed by atoms with Gasteiger partial charge in [0.05, 0.1) is 6.54 Å². The van der Waals surface area contributed by atoms with Crippen LogP contribution in [-0.4, -0.2) is 47.2 Å². The van der Waals surface area contributed by atoms with Crippen LogP contribution < -0.4 is 10.6 Å². The van der Waals surface area contributed by atoms with Crippen LogP contribution in [0.4, 0.5) is 10.5 Å². The maximum absolute atomic E-state index is 12.2. The number of nitrogens with one attached hydrogen (secondary N) is 2. The Balaban J connectivity index is 1.48. The van der Waals surface area contributed by atoms with Gasteiger partial charge in [-0.1, -0.05) is 25.1 Å². The number of nitrogens with zero attached hydrogens (tertiary/aromatic N) is 1. The Hall–Kier alpha value is -2.38. The van der Waals surface area contributed by atoms with E-state index in [1.165, 1.54) is 0 Å². The Labute approximate surface area is 156 Å². The lowest BCUT2D eigenvalue weighted by atomic mass is 9.85. The van der Waals surface area contributed by atoms with Crippen molar-refractivity contribution in [2.75, 3.05) is 18.4 Å². The summed E-state index contributed by atoms with van der Waals surface area (Å²) in [5, 5.41) is 16.8. The molecule has 3 rings (SSSR count). The zero-order chi connectivity index (χ0) is 18.5. The maximum atomic E-state index is 12.2. The van der Waals surface area contributed by atoms with E-state index in [-0.39, 0.29) is 24.7 Å². The van der Waals surface area contributed by atoms with Crippen molar-refractivity contribution in [2.45, 2.75) is 31.8 Å². The van der Waals surface area contributed by atoms with Gasteiger partial charge in [-0.3, -0.25) is 9.69 Å². The first-order valence-electron chi connectivity index (χ1n) is 8.72. The Bertz CT molecular complexity index is 757. The molecule has 3 N–H and O–H groups in total. The lowest BCUT2D eigenvalue weighted by Crippen LogP contribution is -2.55. The summed E-state index contributed by atoms with van der Waals surface area (Å²) in [6.45, 7) is 2.71. The number of urea groups is 1. The molecular weight excluding hydrogens is 350 g/mol. The van der Waals surface area contributed by atoms with E-state index >= 15 is 0 Å². The molecule has 1 heterocycles. The normalized spacial score (nSPS) is 19.0. The number of hydrogen-bond donors (Lipinski definition) is 3. The van der Waals surface area contributed by atoms with Gasteiger partial charge >= 0.3 is 12.0 Å². The van der Waals surface area contributed by atoms with Gasteiger partial charge in [-0.15, -0.1) is 11.3 Å². The lowest BCUT2D eigenvalue weighted by Gasteiger charge is -2.42. The van der Waals surface area contributed by atoms with Gasteiger partial charge in [0.2, 0.25) is 0 Å². The van der Waals surface area contributed by atoms with E-state index in [2.05, 4.69) is 16.7 Å². The fraction of sp³-hybridized carbons (Fsp3) is 0.368. The maximum Gasteiger partial charge on any atom is 0.319 e. The Morgan fingerprint density at radius 3 is 2.73 bits per heavy atom. The molecule has 1 aromatic heterocycles. The summed E-state index contributed by atoms with van der Waals surface area (Å²) in [5.41, 5.74) is 1.83. The third-order valence-corrected chi connectivity index (χ3v) is 5.55. The summed E-state index contributed by atoms with van der Waals surface area (Å²) in [5.74, 6) is -0.813. The van der Waals surface area contributed by atoms with Crippen molar-refractivity contribution < 1.29 is 14.7 Å². The number of carboxylic acid groups (broad SMARTS) is 1. The van der Waals surface area contributed by atoms with Crippen molar-refractivity contribution in [3.05, 3.63) is 41.8 Å². The number of rotatable bonds is 7. The first kappa shape index (κ1) is 18.4. The Morgan fingerprint density at radius 1 is 1.27 bits per heavy atom. The first-order chi connectivity index (χ1) is 12.5. The molecule has 0 spiro atoms. The average Bonchev–Trinajstić information content (AvgIpc) is 3.10. The molecule has 0 saturated heterocycles. The van der Waals surface area contributed by atoms with Gasteiger partial charge in [0.15, 0.2) is 0 Å². The molecule has 138 valence electrons. The second-order valence-electron chi connectivity index (χ2n) is 6.44. The van der Waals surface area contributed by atoms with E-state index in [9.17, 15) is 9.59 Å². The predicted octanol–water partition coefficient (Wildman–Crippen LogP) is 3.47. The van der Waals surface area contributed by atoms with E-state index in [0.717, 1.165) is 29.0 Å². The minimum absolute atomic E-state index is 0.0512. The van der Waals surface area contributed by atoms with Crippen LogP contribution in [-0.2, 0) is 4.79 Å². The number of carbonyl (C=O) groups excluding carboxylic acids is 1. The van der Waals surface area contributed by atoms with Gasteiger partial charge in [0.1, 0.15) is 0 Å². The first-order valence-corrected chi connectivity index (χ1v) is 9.60. The molecule has 0 aliphatic heterocycles. The van der Waals surface area contributed by atoms with E-state index in [1.807, 2.05) is 47.5 Å². The number of thiophene rings is 1. The number of likely N-dealkylation sites (N-methyl/N-ethyl adjacent to an activating group) is 1. The molecular formula is C19H23N3O3S.